The standard InChI is InChI=1S/C14H9FN2O2S/c1-16-12-5-8(3-4-13(12)20-2)11-6-9(14(18)19)10(15)7-17-11/h3-7H,2H3,(H,18,19). The van der Waals surface area contributed by atoms with Crippen molar-refractivity contribution >= 4 is 23.4 Å². The number of nitrogens with zero attached hydrogens (tertiary/aromatic N) is 2. The molecule has 0 unspecified atom stereocenters. The van der Waals surface area contributed by atoms with Crippen LogP contribution in [0.2, 0.25) is 0 Å². The van der Waals surface area contributed by atoms with Crippen molar-refractivity contribution in [3.63, 3.8) is 0 Å². The second-order valence-electron chi connectivity index (χ2n) is 3.85. The van der Waals surface area contributed by atoms with E-state index in [0.717, 1.165) is 11.1 Å². The maximum absolute atomic E-state index is 13.3. The summed E-state index contributed by atoms with van der Waals surface area (Å²) < 4.78 is 13.3. The summed E-state index contributed by atoms with van der Waals surface area (Å²) in [6.45, 7) is 7.13. The van der Waals surface area contributed by atoms with E-state index in [2.05, 4.69) is 9.83 Å². The van der Waals surface area contributed by atoms with Gasteiger partial charge in [-0.05, 0) is 24.0 Å². The van der Waals surface area contributed by atoms with Crippen molar-refractivity contribution in [3.05, 3.63) is 53.3 Å². The zero-order valence-corrected chi connectivity index (χ0v) is 11.2. The number of carboxylic acid groups (broad SMARTS) is 1. The number of hydrogen-bond acceptors (Lipinski definition) is 3. The molecule has 0 bridgehead atoms. The normalized spacial score (nSPS) is 10.1. The lowest BCUT2D eigenvalue weighted by atomic mass is 10.1. The van der Waals surface area contributed by atoms with E-state index in [1.165, 1.54) is 17.8 Å². The molecule has 1 heterocycles. The largest absolute Gasteiger partial charge is 0.478 e. The van der Waals surface area contributed by atoms with Crippen molar-refractivity contribution in [2.24, 2.45) is 0 Å². The summed E-state index contributed by atoms with van der Waals surface area (Å²) in [5.74, 6) is -2.23. The fourth-order valence-electron chi connectivity index (χ4n) is 1.70. The quantitative estimate of drug-likeness (QED) is 0.688. The zero-order chi connectivity index (χ0) is 14.7. The first-order valence-corrected chi connectivity index (χ1v) is 6.74. The van der Waals surface area contributed by atoms with Gasteiger partial charge in [0.15, 0.2) is 5.82 Å². The summed E-state index contributed by atoms with van der Waals surface area (Å²) in [6.07, 6.45) is 2.74. The lowest BCUT2D eigenvalue weighted by molar-refractivity contribution is 0.0691. The Bertz CT molecular complexity index is 726. The molecule has 0 aliphatic carbocycles. The van der Waals surface area contributed by atoms with Gasteiger partial charge in [0.25, 0.3) is 0 Å². The van der Waals surface area contributed by atoms with Crippen molar-refractivity contribution in [3.8, 4) is 11.3 Å². The number of thioether (sulfide) groups is 1. The summed E-state index contributed by atoms with van der Waals surface area (Å²) in [7, 11) is 0. The Morgan fingerprint density at radius 2 is 2.20 bits per heavy atom. The van der Waals surface area contributed by atoms with E-state index in [1.807, 2.05) is 6.26 Å². The smallest absolute Gasteiger partial charge is 0.338 e. The molecule has 0 amide bonds. The van der Waals surface area contributed by atoms with Crippen LogP contribution in [0.4, 0.5) is 10.1 Å². The minimum atomic E-state index is -1.35. The maximum Gasteiger partial charge on any atom is 0.338 e. The third-order valence-corrected chi connectivity index (χ3v) is 3.47. The molecule has 2 rings (SSSR count). The lowest BCUT2D eigenvalue weighted by Crippen LogP contribution is -2.02. The molecule has 6 heteroatoms. The molecule has 1 aromatic carbocycles. The Labute approximate surface area is 119 Å². The number of halogens is 1. The molecule has 2 aromatic rings. The first-order chi connectivity index (χ1) is 9.56. The minimum Gasteiger partial charge on any atom is -0.478 e. The Hall–Kier alpha value is -2.39. The zero-order valence-electron chi connectivity index (χ0n) is 10.4. The molecule has 0 spiro atoms. The van der Waals surface area contributed by atoms with Crippen LogP contribution in [0.5, 0.6) is 0 Å². The van der Waals surface area contributed by atoms with E-state index in [1.54, 1.807) is 18.2 Å². The summed E-state index contributed by atoms with van der Waals surface area (Å²) in [6, 6.07) is 6.27. The van der Waals surface area contributed by atoms with Crippen LogP contribution in [0, 0.1) is 12.4 Å². The van der Waals surface area contributed by atoms with E-state index in [0.29, 0.717) is 16.9 Å². The van der Waals surface area contributed by atoms with Crippen LogP contribution in [0.25, 0.3) is 16.1 Å². The van der Waals surface area contributed by atoms with E-state index in [9.17, 15) is 9.18 Å². The molecule has 0 atom stereocenters. The van der Waals surface area contributed by atoms with Gasteiger partial charge in [0.2, 0.25) is 5.69 Å². The molecule has 0 fully saturated rings. The molecule has 0 radical (unpaired) electrons. The molecule has 100 valence electrons. The molecule has 20 heavy (non-hydrogen) atoms. The number of carbonyl (C=O) groups is 1. The van der Waals surface area contributed by atoms with Crippen molar-refractivity contribution < 1.29 is 14.3 Å². The van der Waals surface area contributed by atoms with Gasteiger partial charge in [0, 0.05) is 4.90 Å². The number of benzene rings is 1. The van der Waals surface area contributed by atoms with Crippen LogP contribution in [0.3, 0.4) is 0 Å². The molecular weight excluding hydrogens is 279 g/mol. The van der Waals surface area contributed by atoms with Crippen LogP contribution >= 0.6 is 11.8 Å². The van der Waals surface area contributed by atoms with Crippen molar-refractivity contribution in [2.45, 2.75) is 4.90 Å². The molecule has 0 aliphatic rings. The minimum absolute atomic E-state index is 0.321. The second kappa shape index (κ2) is 5.72. The number of pyridine rings is 1. The van der Waals surface area contributed by atoms with Crippen molar-refractivity contribution in [1.29, 1.82) is 0 Å². The van der Waals surface area contributed by atoms with E-state index in [4.69, 9.17) is 11.7 Å². The van der Waals surface area contributed by atoms with Gasteiger partial charge in [-0.1, -0.05) is 12.1 Å². The van der Waals surface area contributed by atoms with Gasteiger partial charge in [-0.2, -0.15) is 0 Å². The number of aromatic nitrogens is 1. The number of carboxylic acids is 1. The highest BCUT2D eigenvalue weighted by Gasteiger charge is 2.13. The number of aromatic carboxylic acids is 1. The van der Waals surface area contributed by atoms with Crippen LogP contribution < -0.4 is 0 Å². The molecule has 1 N–H and O–H groups in total. The van der Waals surface area contributed by atoms with E-state index in [-0.39, 0.29) is 0 Å². The predicted octanol–water partition coefficient (Wildman–Crippen LogP) is 3.86. The number of rotatable bonds is 3. The lowest BCUT2D eigenvalue weighted by Gasteiger charge is -2.06. The topological polar surface area (TPSA) is 54.5 Å². The van der Waals surface area contributed by atoms with Gasteiger partial charge in [0.1, 0.15) is 0 Å². The number of hydrogen-bond donors (Lipinski definition) is 1. The SMILES string of the molecule is [C-]#[N+]c1cc(-c2cc(C(=O)O)c(F)cn2)ccc1SC. The Morgan fingerprint density at radius 1 is 1.45 bits per heavy atom. The second-order valence-corrected chi connectivity index (χ2v) is 4.70. The highest BCUT2D eigenvalue weighted by atomic mass is 32.2. The van der Waals surface area contributed by atoms with E-state index >= 15 is 0 Å². The average molecular weight is 288 g/mol. The molecule has 0 saturated carbocycles. The highest BCUT2D eigenvalue weighted by Crippen LogP contribution is 2.32. The van der Waals surface area contributed by atoms with Crippen LogP contribution in [0.15, 0.2) is 35.4 Å². The van der Waals surface area contributed by atoms with Gasteiger partial charge in [0.05, 0.1) is 24.0 Å². The first kappa shape index (κ1) is 14.0. The van der Waals surface area contributed by atoms with E-state index < -0.39 is 17.3 Å². The molecule has 4 nitrogen and oxygen atoms in total. The monoisotopic (exact) mass is 288 g/mol. The van der Waals surface area contributed by atoms with Crippen molar-refractivity contribution in [1.82, 2.24) is 4.98 Å². The third-order valence-electron chi connectivity index (χ3n) is 2.68. The van der Waals surface area contributed by atoms with Crippen LogP contribution in [-0.4, -0.2) is 22.3 Å². The van der Waals surface area contributed by atoms with Gasteiger partial charge in [-0.25, -0.2) is 14.0 Å². The molecule has 0 aliphatic heterocycles. The van der Waals surface area contributed by atoms with Crippen molar-refractivity contribution in [2.75, 3.05) is 6.26 Å². The Kier molecular flexibility index (Phi) is 4.01. The summed E-state index contributed by atoms with van der Waals surface area (Å²) >= 11 is 1.45. The fourth-order valence-corrected chi connectivity index (χ4v) is 2.21. The average Bonchev–Trinajstić information content (AvgIpc) is 2.46. The molecular formula is C14H9FN2O2S. The van der Waals surface area contributed by atoms with Gasteiger partial charge in [-0.15, -0.1) is 11.8 Å². The molecule has 0 saturated heterocycles. The summed E-state index contributed by atoms with van der Waals surface area (Å²) in [4.78, 5) is 19.0. The highest BCUT2D eigenvalue weighted by molar-refractivity contribution is 7.98. The Morgan fingerprint density at radius 3 is 2.80 bits per heavy atom. The Balaban J connectivity index is 2.55. The third kappa shape index (κ3) is 2.63. The first-order valence-electron chi connectivity index (χ1n) is 5.51. The van der Waals surface area contributed by atoms with Gasteiger partial charge >= 0.3 is 5.97 Å². The van der Waals surface area contributed by atoms with Gasteiger partial charge in [-0.3, -0.25) is 4.98 Å². The summed E-state index contributed by atoms with van der Waals surface area (Å²) in [5, 5.41) is 8.90. The fraction of sp³-hybridized carbons (Fsp3) is 0.0714. The predicted molar refractivity (Wildman–Crippen MR) is 74.6 cm³/mol. The maximum atomic E-state index is 13.3. The van der Waals surface area contributed by atoms with Crippen LogP contribution in [-0.2, 0) is 0 Å². The summed E-state index contributed by atoms with van der Waals surface area (Å²) in [5.41, 5.74) is 0.920. The molecule has 1 aromatic heterocycles. The van der Waals surface area contributed by atoms with Crippen LogP contribution in [0.1, 0.15) is 10.4 Å². The van der Waals surface area contributed by atoms with Gasteiger partial charge < -0.3 is 5.11 Å².